The molecule has 0 saturated heterocycles. The molecule has 0 unspecified atom stereocenters. The van der Waals surface area contributed by atoms with Crippen LogP contribution < -0.4 is 15.6 Å². The number of hydrogen-bond donors (Lipinski definition) is 1. The summed E-state index contributed by atoms with van der Waals surface area (Å²) in [6.45, 7) is 2.67. The van der Waals surface area contributed by atoms with Crippen LogP contribution in [0.1, 0.15) is 13.0 Å². The van der Waals surface area contributed by atoms with Crippen molar-refractivity contribution < 1.29 is 9.53 Å². The van der Waals surface area contributed by atoms with Gasteiger partial charge in [0.15, 0.2) is 0 Å². The fraction of sp³-hybridized carbons (Fsp3) is 0.238. The lowest BCUT2D eigenvalue weighted by Gasteiger charge is -2.14. The van der Waals surface area contributed by atoms with Crippen molar-refractivity contribution in [3.05, 3.63) is 65.1 Å². The van der Waals surface area contributed by atoms with Crippen molar-refractivity contribution in [2.24, 2.45) is 0 Å². The molecule has 1 amide bonds. The molecule has 1 atom stereocenters. The molecular formula is C21H21N5O3. The van der Waals surface area contributed by atoms with Gasteiger partial charge in [-0.3, -0.25) is 9.59 Å². The van der Waals surface area contributed by atoms with Crippen molar-refractivity contribution >= 4 is 27.7 Å². The van der Waals surface area contributed by atoms with Gasteiger partial charge in [-0.15, -0.1) is 5.10 Å². The van der Waals surface area contributed by atoms with Gasteiger partial charge in [-0.25, -0.2) is 0 Å². The Morgan fingerprint density at radius 1 is 1.21 bits per heavy atom. The standard InChI is InChI=1S/C21H21N5O3/c1-14(26-21(28)17-5-3-4-6-18(17)23-24-26)20(27)22-10-12-25-11-9-15-13-16(29-2)7-8-19(15)25/h3-9,11,13-14H,10,12H2,1-2H3,(H,22,27)/t14-/m0/s1. The summed E-state index contributed by atoms with van der Waals surface area (Å²) in [6, 6.07) is 14.1. The molecule has 0 aliphatic rings. The monoisotopic (exact) mass is 391 g/mol. The van der Waals surface area contributed by atoms with E-state index in [9.17, 15) is 9.59 Å². The van der Waals surface area contributed by atoms with Gasteiger partial charge < -0.3 is 14.6 Å². The first-order valence-corrected chi connectivity index (χ1v) is 9.33. The maximum atomic E-state index is 12.6. The van der Waals surface area contributed by atoms with E-state index in [0.29, 0.717) is 24.0 Å². The highest BCUT2D eigenvalue weighted by Gasteiger charge is 2.18. The molecule has 0 fully saturated rings. The van der Waals surface area contributed by atoms with Crippen LogP contribution in [0.4, 0.5) is 0 Å². The summed E-state index contributed by atoms with van der Waals surface area (Å²) in [5.41, 5.74) is 1.24. The quantitative estimate of drug-likeness (QED) is 0.544. The maximum Gasteiger partial charge on any atom is 0.278 e. The first-order valence-electron chi connectivity index (χ1n) is 9.33. The molecule has 148 valence electrons. The number of rotatable bonds is 6. The van der Waals surface area contributed by atoms with Gasteiger partial charge in [-0.05, 0) is 43.3 Å². The lowest BCUT2D eigenvalue weighted by atomic mass is 10.2. The van der Waals surface area contributed by atoms with Crippen molar-refractivity contribution in [3.8, 4) is 5.75 Å². The van der Waals surface area contributed by atoms with Gasteiger partial charge in [0.05, 0.1) is 12.5 Å². The van der Waals surface area contributed by atoms with Gasteiger partial charge in [0.25, 0.3) is 5.56 Å². The SMILES string of the molecule is COc1ccc2c(ccn2CCNC(=O)[C@H](C)n2nnc3ccccc3c2=O)c1. The minimum absolute atomic E-state index is 0.283. The summed E-state index contributed by atoms with van der Waals surface area (Å²) < 4.78 is 8.42. The normalized spacial score (nSPS) is 12.2. The molecule has 2 heterocycles. The average Bonchev–Trinajstić information content (AvgIpc) is 3.15. The van der Waals surface area contributed by atoms with Crippen LogP contribution >= 0.6 is 0 Å². The highest BCUT2D eigenvalue weighted by Crippen LogP contribution is 2.21. The van der Waals surface area contributed by atoms with E-state index in [1.807, 2.05) is 30.5 Å². The van der Waals surface area contributed by atoms with Gasteiger partial charge in [0, 0.05) is 30.2 Å². The van der Waals surface area contributed by atoms with Crippen LogP contribution in [-0.2, 0) is 11.3 Å². The van der Waals surface area contributed by atoms with E-state index < -0.39 is 6.04 Å². The molecule has 0 radical (unpaired) electrons. The van der Waals surface area contributed by atoms with E-state index in [4.69, 9.17) is 4.74 Å². The molecule has 2 aromatic heterocycles. The van der Waals surface area contributed by atoms with Crippen molar-refractivity contribution in [1.82, 2.24) is 24.9 Å². The van der Waals surface area contributed by atoms with E-state index in [0.717, 1.165) is 21.3 Å². The largest absolute Gasteiger partial charge is 0.497 e. The Bertz CT molecular complexity index is 1240. The maximum absolute atomic E-state index is 12.6. The van der Waals surface area contributed by atoms with Gasteiger partial charge in [0.2, 0.25) is 5.91 Å². The van der Waals surface area contributed by atoms with E-state index in [1.54, 1.807) is 38.3 Å². The number of hydrogen-bond acceptors (Lipinski definition) is 5. The second kappa shape index (κ2) is 7.75. The van der Waals surface area contributed by atoms with E-state index >= 15 is 0 Å². The molecule has 0 bridgehead atoms. The van der Waals surface area contributed by atoms with Crippen molar-refractivity contribution in [1.29, 1.82) is 0 Å². The third-order valence-electron chi connectivity index (χ3n) is 4.97. The smallest absolute Gasteiger partial charge is 0.278 e. The van der Waals surface area contributed by atoms with Gasteiger partial charge in [-0.2, -0.15) is 4.68 Å². The molecule has 4 rings (SSSR count). The number of nitrogens with zero attached hydrogens (tertiary/aromatic N) is 4. The number of benzene rings is 2. The molecular weight excluding hydrogens is 370 g/mol. The van der Waals surface area contributed by atoms with Crippen LogP contribution in [0.25, 0.3) is 21.8 Å². The van der Waals surface area contributed by atoms with Gasteiger partial charge in [-0.1, -0.05) is 17.3 Å². The zero-order chi connectivity index (χ0) is 20.4. The third-order valence-corrected chi connectivity index (χ3v) is 4.97. The van der Waals surface area contributed by atoms with Crippen LogP contribution in [0.5, 0.6) is 5.75 Å². The Morgan fingerprint density at radius 2 is 2.03 bits per heavy atom. The first-order chi connectivity index (χ1) is 14.1. The highest BCUT2D eigenvalue weighted by molar-refractivity contribution is 5.82. The summed E-state index contributed by atoms with van der Waals surface area (Å²) in [5.74, 6) is 0.522. The Labute approximate surface area is 166 Å². The number of aromatic nitrogens is 4. The van der Waals surface area contributed by atoms with Gasteiger partial charge >= 0.3 is 0 Å². The minimum Gasteiger partial charge on any atom is -0.497 e. The van der Waals surface area contributed by atoms with E-state index in [-0.39, 0.29) is 11.5 Å². The van der Waals surface area contributed by atoms with Crippen LogP contribution in [0.3, 0.4) is 0 Å². The number of amides is 1. The topological polar surface area (TPSA) is 91.0 Å². The second-order valence-corrected chi connectivity index (χ2v) is 6.76. The molecule has 4 aromatic rings. The lowest BCUT2D eigenvalue weighted by Crippen LogP contribution is -2.38. The van der Waals surface area contributed by atoms with Crippen LogP contribution in [-0.4, -0.2) is 39.1 Å². The number of methoxy groups -OCH3 is 1. The zero-order valence-corrected chi connectivity index (χ0v) is 16.2. The Hall–Kier alpha value is -3.68. The molecule has 8 nitrogen and oxygen atoms in total. The third kappa shape index (κ3) is 3.56. The first kappa shape index (κ1) is 18.7. The lowest BCUT2D eigenvalue weighted by molar-refractivity contribution is -0.124. The number of carbonyl (C=O) groups is 1. The van der Waals surface area contributed by atoms with Crippen LogP contribution in [0.15, 0.2) is 59.5 Å². The van der Waals surface area contributed by atoms with E-state index in [1.165, 1.54) is 0 Å². The minimum atomic E-state index is -0.759. The fourth-order valence-electron chi connectivity index (χ4n) is 3.31. The van der Waals surface area contributed by atoms with Crippen LogP contribution in [0, 0.1) is 0 Å². The molecule has 29 heavy (non-hydrogen) atoms. The summed E-state index contributed by atoms with van der Waals surface area (Å²) in [4.78, 5) is 25.1. The van der Waals surface area contributed by atoms with Crippen LogP contribution in [0.2, 0.25) is 0 Å². The molecule has 2 aromatic carbocycles. The van der Waals surface area contributed by atoms with Gasteiger partial charge in [0.1, 0.15) is 17.3 Å². The molecule has 0 aliphatic heterocycles. The zero-order valence-electron chi connectivity index (χ0n) is 16.2. The predicted molar refractivity (Wildman–Crippen MR) is 110 cm³/mol. The number of ether oxygens (including phenoxy) is 1. The molecule has 1 N–H and O–H groups in total. The van der Waals surface area contributed by atoms with E-state index in [2.05, 4.69) is 20.2 Å². The fourth-order valence-corrected chi connectivity index (χ4v) is 3.31. The predicted octanol–water partition coefficient (Wildman–Crippen LogP) is 2.13. The summed E-state index contributed by atoms with van der Waals surface area (Å²) >= 11 is 0. The Kier molecular flexibility index (Phi) is 4.99. The summed E-state index contributed by atoms with van der Waals surface area (Å²) in [7, 11) is 1.64. The second-order valence-electron chi connectivity index (χ2n) is 6.76. The number of carbonyl (C=O) groups excluding carboxylic acids is 1. The molecule has 0 spiro atoms. The van der Waals surface area contributed by atoms with Crippen molar-refractivity contribution in [2.75, 3.05) is 13.7 Å². The summed E-state index contributed by atoms with van der Waals surface area (Å²) in [6.07, 6.45) is 1.97. The molecule has 0 aliphatic carbocycles. The molecule has 0 saturated carbocycles. The average molecular weight is 391 g/mol. The Balaban J connectivity index is 1.44. The summed E-state index contributed by atoms with van der Waals surface area (Å²) in [5, 5.41) is 12.3. The Morgan fingerprint density at radius 3 is 2.86 bits per heavy atom. The molecule has 8 heteroatoms. The number of fused-ring (bicyclic) bond motifs is 2. The number of nitrogens with one attached hydrogen (secondary N) is 1. The van der Waals surface area contributed by atoms with Crippen molar-refractivity contribution in [3.63, 3.8) is 0 Å². The highest BCUT2D eigenvalue weighted by atomic mass is 16.5. The van der Waals surface area contributed by atoms with Crippen molar-refractivity contribution in [2.45, 2.75) is 19.5 Å².